The molecule has 1 amide bonds. The van der Waals surface area contributed by atoms with Crippen LogP contribution in [0.1, 0.15) is 12.5 Å². The normalized spacial score (nSPS) is 11.0. The number of aryl methyl sites for hydroxylation is 1. The first-order chi connectivity index (χ1) is 8.90. The Morgan fingerprint density at radius 2 is 2.16 bits per heavy atom. The van der Waals surface area contributed by atoms with Crippen molar-refractivity contribution in [3.63, 3.8) is 0 Å². The number of hydrogen-bond donors (Lipinski definition) is 2. The summed E-state index contributed by atoms with van der Waals surface area (Å²) in [4.78, 5) is 21.8. The van der Waals surface area contributed by atoms with Crippen molar-refractivity contribution in [2.24, 2.45) is 5.10 Å². The van der Waals surface area contributed by atoms with E-state index in [1.165, 1.54) is 6.92 Å². The third-order valence-corrected chi connectivity index (χ3v) is 2.58. The van der Waals surface area contributed by atoms with Gasteiger partial charge in [0.15, 0.2) is 6.61 Å². The molecule has 0 radical (unpaired) electrons. The number of nitrogens with zero attached hydrogens (tertiary/aromatic N) is 1. The van der Waals surface area contributed by atoms with E-state index in [1.54, 1.807) is 18.2 Å². The van der Waals surface area contributed by atoms with E-state index in [4.69, 9.17) is 21.4 Å². The Balaban J connectivity index is 2.48. The molecule has 0 aliphatic carbocycles. The lowest BCUT2D eigenvalue weighted by atomic mass is 10.2. The van der Waals surface area contributed by atoms with Crippen LogP contribution in [0.3, 0.4) is 0 Å². The molecule has 19 heavy (non-hydrogen) atoms. The lowest BCUT2D eigenvalue weighted by Crippen LogP contribution is -2.26. The molecule has 1 aromatic rings. The van der Waals surface area contributed by atoms with Gasteiger partial charge < -0.3 is 9.84 Å². The summed E-state index contributed by atoms with van der Waals surface area (Å²) in [6.45, 7) is 2.82. The van der Waals surface area contributed by atoms with E-state index in [0.29, 0.717) is 10.8 Å². The first kappa shape index (κ1) is 15.0. The molecular weight excluding hydrogens is 272 g/mol. The molecular formula is C12H13ClN2O4. The SMILES string of the molecule is CC(=NNC(=O)COc1ccc(Cl)c(C)c1)C(=O)O. The van der Waals surface area contributed by atoms with Crippen LogP contribution in [-0.4, -0.2) is 29.3 Å². The summed E-state index contributed by atoms with van der Waals surface area (Å²) in [6.07, 6.45) is 0. The zero-order chi connectivity index (χ0) is 14.4. The predicted octanol–water partition coefficient (Wildman–Crippen LogP) is 1.60. The van der Waals surface area contributed by atoms with Crippen LogP contribution in [0, 0.1) is 6.92 Å². The molecule has 0 aliphatic rings. The Labute approximate surface area is 115 Å². The van der Waals surface area contributed by atoms with Crippen LogP contribution >= 0.6 is 11.6 Å². The zero-order valence-electron chi connectivity index (χ0n) is 10.4. The van der Waals surface area contributed by atoms with Crippen molar-refractivity contribution < 1.29 is 19.4 Å². The van der Waals surface area contributed by atoms with Crippen molar-refractivity contribution in [3.05, 3.63) is 28.8 Å². The largest absolute Gasteiger partial charge is 0.484 e. The molecule has 0 heterocycles. The fourth-order valence-electron chi connectivity index (χ4n) is 1.08. The fourth-order valence-corrected chi connectivity index (χ4v) is 1.20. The molecule has 102 valence electrons. The number of benzene rings is 1. The lowest BCUT2D eigenvalue weighted by molar-refractivity contribution is -0.129. The van der Waals surface area contributed by atoms with Crippen molar-refractivity contribution in [2.45, 2.75) is 13.8 Å². The second-order valence-corrected chi connectivity index (χ2v) is 4.14. The molecule has 0 unspecified atom stereocenters. The zero-order valence-corrected chi connectivity index (χ0v) is 11.2. The minimum absolute atomic E-state index is 0.212. The summed E-state index contributed by atoms with van der Waals surface area (Å²) >= 11 is 5.85. The molecule has 0 atom stereocenters. The van der Waals surface area contributed by atoms with Gasteiger partial charge in [-0.2, -0.15) is 5.10 Å². The first-order valence-electron chi connectivity index (χ1n) is 5.35. The van der Waals surface area contributed by atoms with Crippen LogP contribution in [0.25, 0.3) is 0 Å². The number of carbonyl (C=O) groups is 2. The summed E-state index contributed by atoms with van der Waals surface area (Å²) in [5.74, 6) is -1.25. The molecule has 0 aromatic heterocycles. The summed E-state index contributed by atoms with van der Waals surface area (Å²) in [6, 6.07) is 4.99. The van der Waals surface area contributed by atoms with Gasteiger partial charge in [-0.3, -0.25) is 4.79 Å². The van der Waals surface area contributed by atoms with Gasteiger partial charge in [0.2, 0.25) is 0 Å². The number of hydrazone groups is 1. The molecule has 0 saturated heterocycles. The summed E-state index contributed by atoms with van der Waals surface area (Å²) in [7, 11) is 0. The quantitative estimate of drug-likeness (QED) is 0.635. The van der Waals surface area contributed by atoms with E-state index in [1.807, 2.05) is 6.92 Å². The Hall–Kier alpha value is -2.08. The predicted molar refractivity (Wildman–Crippen MR) is 70.6 cm³/mol. The van der Waals surface area contributed by atoms with Crippen LogP contribution < -0.4 is 10.2 Å². The van der Waals surface area contributed by atoms with Crippen molar-refractivity contribution >= 4 is 29.2 Å². The van der Waals surface area contributed by atoms with Crippen LogP contribution in [0.2, 0.25) is 5.02 Å². The van der Waals surface area contributed by atoms with E-state index < -0.39 is 11.9 Å². The maximum Gasteiger partial charge on any atom is 0.351 e. The average Bonchev–Trinajstić information content (AvgIpc) is 2.37. The van der Waals surface area contributed by atoms with E-state index in [-0.39, 0.29) is 12.3 Å². The van der Waals surface area contributed by atoms with Crippen LogP contribution in [0.4, 0.5) is 0 Å². The summed E-state index contributed by atoms with van der Waals surface area (Å²) in [5.41, 5.74) is 2.70. The van der Waals surface area contributed by atoms with Crippen molar-refractivity contribution in [3.8, 4) is 5.75 Å². The topological polar surface area (TPSA) is 88.0 Å². The highest BCUT2D eigenvalue weighted by molar-refractivity contribution is 6.34. The van der Waals surface area contributed by atoms with E-state index in [2.05, 4.69) is 10.5 Å². The standard InChI is InChI=1S/C12H13ClN2O4/c1-7-5-9(3-4-10(7)13)19-6-11(16)15-14-8(2)12(17)18/h3-5H,6H2,1-2H3,(H,15,16)(H,17,18). The number of hydrogen-bond acceptors (Lipinski definition) is 4. The summed E-state index contributed by atoms with van der Waals surface area (Å²) < 4.78 is 5.21. The minimum Gasteiger partial charge on any atom is -0.484 e. The van der Waals surface area contributed by atoms with Crippen molar-refractivity contribution in [1.29, 1.82) is 0 Å². The maximum atomic E-state index is 11.3. The highest BCUT2D eigenvalue weighted by Crippen LogP contribution is 2.20. The van der Waals surface area contributed by atoms with E-state index in [0.717, 1.165) is 5.56 Å². The summed E-state index contributed by atoms with van der Waals surface area (Å²) in [5, 5.41) is 12.5. The first-order valence-corrected chi connectivity index (χ1v) is 5.73. The highest BCUT2D eigenvalue weighted by Gasteiger charge is 2.05. The van der Waals surface area contributed by atoms with Crippen LogP contribution in [-0.2, 0) is 9.59 Å². The molecule has 7 heteroatoms. The molecule has 1 rings (SSSR count). The Morgan fingerprint density at radius 3 is 2.74 bits per heavy atom. The number of carboxylic acids is 1. The van der Waals surface area contributed by atoms with Gasteiger partial charge in [0.1, 0.15) is 11.5 Å². The molecule has 0 bridgehead atoms. The van der Waals surface area contributed by atoms with Gasteiger partial charge in [-0.15, -0.1) is 0 Å². The van der Waals surface area contributed by atoms with Gasteiger partial charge in [0.05, 0.1) is 0 Å². The van der Waals surface area contributed by atoms with Gasteiger partial charge >= 0.3 is 5.97 Å². The second kappa shape index (κ2) is 6.75. The molecule has 0 aliphatic heterocycles. The van der Waals surface area contributed by atoms with Gasteiger partial charge in [-0.25, -0.2) is 10.2 Å². The minimum atomic E-state index is -1.20. The molecule has 0 fully saturated rings. The second-order valence-electron chi connectivity index (χ2n) is 3.74. The third kappa shape index (κ3) is 4.97. The highest BCUT2D eigenvalue weighted by atomic mass is 35.5. The monoisotopic (exact) mass is 284 g/mol. The Kier molecular flexibility index (Phi) is 5.32. The third-order valence-electron chi connectivity index (χ3n) is 2.16. The number of carboxylic acid groups (broad SMARTS) is 1. The molecule has 0 spiro atoms. The van der Waals surface area contributed by atoms with Gasteiger partial charge in [-0.05, 0) is 37.6 Å². The number of ether oxygens (including phenoxy) is 1. The van der Waals surface area contributed by atoms with E-state index in [9.17, 15) is 9.59 Å². The van der Waals surface area contributed by atoms with Crippen molar-refractivity contribution in [1.82, 2.24) is 5.43 Å². The lowest BCUT2D eigenvalue weighted by Gasteiger charge is -2.06. The Bertz CT molecular complexity index is 528. The number of carbonyl (C=O) groups excluding carboxylic acids is 1. The number of rotatable bonds is 5. The molecule has 0 saturated carbocycles. The van der Waals surface area contributed by atoms with Gasteiger partial charge in [0, 0.05) is 5.02 Å². The number of aliphatic carboxylic acids is 1. The average molecular weight is 285 g/mol. The fraction of sp³-hybridized carbons (Fsp3) is 0.250. The molecule has 2 N–H and O–H groups in total. The smallest absolute Gasteiger partial charge is 0.351 e. The maximum absolute atomic E-state index is 11.3. The van der Waals surface area contributed by atoms with Crippen LogP contribution in [0.15, 0.2) is 23.3 Å². The van der Waals surface area contributed by atoms with E-state index >= 15 is 0 Å². The molecule has 6 nitrogen and oxygen atoms in total. The Morgan fingerprint density at radius 1 is 1.47 bits per heavy atom. The van der Waals surface area contributed by atoms with Crippen LogP contribution in [0.5, 0.6) is 5.75 Å². The van der Waals surface area contributed by atoms with Crippen molar-refractivity contribution in [2.75, 3.05) is 6.61 Å². The number of halogens is 1. The van der Waals surface area contributed by atoms with Gasteiger partial charge in [-0.1, -0.05) is 11.6 Å². The number of nitrogens with one attached hydrogen (secondary N) is 1. The number of amides is 1. The van der Waals surface area contributed by atoms with Gasteiger partial charge in [0.25, 0.3) is 5.91 Å². The molecule has 1 aromatic carbocycles.